The molecule has 2 aliphatic carbocycles. The first-order valence-corrected chi connectivity index (χ1v) is 23.7. The normalized spacial score (nSPS) is 19.7. The maximum Gasteiger partial charge on any atom is 0.314 e. The number of hydrogen-bond acceptors (Lipinski definition) is 8. The Kier molecular flexibility index (Phi) is 19.7. The van der Waals surface area contributed by atoms with Crippen molar-refractivity contribution in [2.24, 2.45) is 11.3 Å². The van der Waals surface area contributed by atoms with Gasteiger partial charge in [-0.05, 0) is 89.6 Å². The number of methoxy groups -OCH3 is 1. The summed E-state index contributed by atoms with van der Waals surface area (Å²) >= 11 is 0. The molecule has 2 fully saturated rings. The smallest absolute Gasteiger partial charge is 0.314 e. The third-order valence-corrected chi connectivity index (χ3v) is 19.7. The van der Waals surface area contributed by atoms with Crippen molar-refractivity contribution in [2.75, 3.05) is 20.3 Å². The van der Waals surface area contributed by atoms with Gasteiger partial charge in [0.15, 0.2) is 16.6 Å². The first-order valence-electron chi connectivity index (χ1n) is 17.9. The Morgan fingerprint density at radius 3 is 1.61 bits per heavy atom. The summed E-state index contributed by atoms with van der Waals surface area (Å²) in [5.74, 6) is -0.0196. The van der Waals surface area contributed by atoms with Gasteiger partial charge >= 0.3 is 11.9 Å². The van der Waals surface area contributed by atoms with Crippen LogP contribution in [0.15, 0.2) is 0 Å². The predicted octanol–water partition coefficient (Wildman–Crippen LogP) is 9.40. The van der Waals surface area contributed by atoms with E-state index in [1.807, 2.05) is 27.7 Å². The Morgan fingerprint density at radius 1 is 0.761 bits per heavy atom. The fourth-order valence-corrected chi connectivity index (χ4v) is 8.16. The molecule has 0 bridgehead atoms. The molecule has 46 heavy (non-hydrogen) atoms. The fourth-order valence-electron chi connectivity index (χ4n) is 5.47. The second-order valence-corrected chi connectivity index (χ2v) is 25.7. The van der Waals surface area contributed by atoms with Gasteiger partial charge in [-0.2, -0.15) is 0 Å². The summed E-state index contributed by atoms with van der Waals surface area (Å²) in [5.41, 5.74) is -0.796. The first-order chi connectivity index (χ1) is 21.0. The highest BCUT2D eigenvalue weighted by molar-refractivity contribution is 6.74. The first kappa shape index (κ1) is 45.2. The Morgan fingerprint density at radius 2 is 1.20 bits per heavy atom. The lowest BCUT2D eigenvalue weighted by molar-refractivity contribution is -0.172. The van der Waals surface area contributed by atoms with Gasteiger partial charge in [0.25, 0.3) is 0 Å². The second kappa shape index (κ2) is 20.0. The maximum atomic E-state index is 12.6. The summed E-state index contributed by atoms with van der Waals surface area (Å²) in [4.78, 5) is 23.8. The Bertz CT molecular complexity index is 866. The van der Waals surface area contributed by atoms with Crippen LogP contribution < -0.4 is 0 Å². The molecule has 0 saturated heterocycles. The zero-order chi connectivity index (χ0) is 36.0. The van der Waals surface area contributed by atoms with Gasteiger partial charge in [0.1, 0.15) is 6.29 Å². The van der Waals surface area contributed by atoms with Crippen LogP contribution in [-0.4, -0.2) is 72.5 Å². The molecule has 0 spiro atoms. The summed E-state index contributed by atoms with van der Waals surface area (Å²) in [6.45, 7) is 30.4. The summed E-state index contributed by atoms with van der Waals surface area (Å²) in [7, 11) is -1.93. The molecule has 2 saturated carbocycles. The van der Waals surface area contributed by atoms with E-state index in [0.29, 0.717) is 26.1 Å². The van der Waals surface area contributed by atoms with Gasteiger partial charge in [-0.3, -0.25) is 9.59 Å². The molecule has 0 aromatic rings. The molecule has 1 unspecified atom stereocenters. The van der Waals surface area contributed by atoms with Crippen molar-refractivity contribution in [3.8, 4) is 0 Å². The van der Waals surface area contributed by atoms with E-state index in [2.05, 4.69) is 67.7 Å². The van der Waals surface area contributed by atoms with E-state index >= 15 is 0 Å². The molecule has 0 radical (unpaired) electrons. The third kappa shape index (κ3) is 14.4. The van der Waals surface area contributed by atoms with Gasteiger partial charge in [0.2, 0.25) is 0 Å². The van der Waals surface area contributed by atoms with Gasteiger partial charge in [-0.1, -0.05) is 80.1 Å². The van der Waals surface area contributed by atoms with Gasteiger partial charge < -0.3 is 28.2 Å². The van der Waals surface area contributed by atoms with Crippen molar-refractivity contribution in [1.29, 1.82) is 0 Å². The van der Waals surface area contributed by atoms with Crippen LogP contribution in [0.3, 0.4) is 0 Å². The average Bonchev–Trinajstić information content (AvgIpc) is 2.96. The number of hydrogen-bond donors (Lipinski definition) is 1. The number of carbonyl (C=O) groups excluding carboxylic acids is 2. The lowest BCUT2D eigenvalue weighted by Gasteiger charge is -2.45. The highest BCUT2D eigenvalue weighted by Crippen LogP contribution is 2.44. The SMILES string of the molecule is CCOC(=O)C1(C(O)[C@H](C)O[Si](C)(C)C(C)(C)C)CCCCC1.CCOC(=O)C1CCCCC1.CO[C@H](C)O[Si](C)(C)C(C)(C)C. The van der Waals surface area contributed by atoms with Gasteiger partial charge in [0, 0.05) is 7.11 Å². The minimum Gasteiger partial charge on any atom is -0.466 e. The van der Waals surface area contributed by atoms with Crippen molar-refractivity contribution in [1.82, 2.24) is 0 Å². The number of esters is 2. The topological polar surface area (TPSA) is 101 Å². The van der Waals surface area contributed by atoms with Crippen molar-refractivity contribution in [3.63, 3.8) is 0 Å². The molecule has 10 heteroatoms. The maximum absolute atomic E-state index is 12.6. The molecule has 2 aliphatic rings. The molecule has 2 rings (SSSR count). The van der Waals surface area contributed by atoms with E-state index in [4.69, 9.17) is 23.1 Å². The lowest BCUT2D eigenvalue weighted by atomic mass is 9.69. The van der Waals surface area contributed by atoms with Crippen LogP contribution in [0.25, 0.3) is 0 Å². The lowest BCUT2D eigenvalue weighted by Crippen LogP contribution is -2.54. The van der Waals surface area contributed by atoms with E-state index in [9.17, 15) is 14.7 Å². The average molecular weight is 691 g/mol. The van der Waals surface area contributed by atoms with Crippen molar-refractivity contribution < 1.29 is 37.8 Å². The monoisotopic (exact) mass is 690 g/mol. The van der Waals surface area contributed by atoms with Crippen LogP contribution in [-0.2, 0) is 32.7 Å². The van der Waals surface area contributed by atoms with E-state index in [-0.39, 0.29) is 40.3 Å². The minimum absolute atomic E-state index is 0.0206. The molecule has 3 atom stereocenters. The fraction of sp³-hybridized carbons (Fsp3) is 0.944. The Balaban J connectivity index is 0.000000737. The number of aliphatic hydroxyl groups is 1. The molecule has 0 aromatic heterocycles. The number of ether oxygens (including phenoxy) is 3. The molecule has 0 amide bonds. The Hall–Kier alpha value is -0.786. The standard InChI is InChI=1S/C18H36O4Si.C9H22O2Si.C9H16O2/c1-8-21-16(20)18(12-10-9-11-13-18)15(19)14(2)22-23(6,7)17(3,4)5;1-8(10-5)11-12(6,7)9(2,3)4;1-2-11-9(10)8-6-4-3-5-7-8/h14-15,19H,8-13H2,1-7H3;8H,1-7H3;8H,2-7H2,1H3/t14-,15?;8-;/m00./s1. The highest BCUT2D eigenvalue weighted by Gasteiger charge is 2.51. The quantitative estimate of drug-likeness (QED) is 0.130. The molecule has 1 N–H and O–H groups in total. The van der Waals surface area contributed by atoms with Crippen molar-refractivity contribution >= 4 is 28.6 Å². The van der Waals surface area contributed by atoms with Crippen LogP contribution in [0.2, 0.25) is 36.3 Å². The number of rotatable bonds is 11. The van der Waals surface area contributed by atoms with Gasteiger partial charge in [-0.15, -0.1) is 0 Å². The molecular formula is C36H74O8Si2. The summed E-state index contributed by atoms with van der Waals surface area (Å²) < 4.78 is 27.6. The number of aliphatic hydroxyl groups excluding tert-OH is 1. The zero-order valence-corrected chi connectivity index (χ0v) is 34.6. The van der Waals surface area contributed by atoms with E-state index in [1.54, 1.807) is 7.11 Å². The largest absolute Gasteiger partial charge is 0.466 e. The zero-order valence-electron chi connectivity index (χ0n) is 32.6. The highest BCUT2D eigenvalue weighted by atomic mass is 28.4. The molecule has 274 valence electrons. The molecule has 8 nitrogen and oxygen atoms in total. The third-order valence-electron chi connectivity index (χ3n) is 10.5. The summed E-state index contributed by atoms with van der Waals surface area (Å²) in [6.07, 6.45) is 8.94. The van der Waals surface area contributed by atoms with Crippen molar-refractivity contribution in [3.05, 3.63) is 0 Å². The van der Waals surface area contributed by atoms with E-state index in [1.165, 1.54) is 19.3 Å². The van der Waals surface area contributed by atoms with Gasteiger partial charge in [-0.25, -0.2) is 0 Å². The summed E-state index contributed by atoms with van der Waals surface area (Å²) in [6, 6.07) is 0. The Labute approximate surface area is 285 Å². The van der Waals surface area contributed by atoms with Crippen molar-refractivity contribution in [2.45, 2.75) is 188 Å². The summed E-state index contributed by atoms with van der Waals surface area (Å²) in [5, 5.41) is 11.4. The molecule has 0 heterocycles. The van der Waals surface area contributed by atoms with Crippen LogP contribution in [0.5, 0.6) is 0 Å². The van der Waals surface area contributed by atoms with Crippen LogP contribution >= 0.6 is 0 Å². The molecular weight excluding hydrogens is 617 g/mol. The molecule has 0 aliphatic heterocycles. The van der Waals surface area contributed by atoms with E-state index in [0.717, 1.165) is 32.1 Å². The molecule has 0 aromatic carbocycles. The van der Waals surface area contributed by atoms with E-state index < -0.39 is 28.2 Å². The number of carbonyl (C=O) groups is 2. The predicted molar refractivity (Wildman–Crippen MR) is 194 cm³/mol. The minimum atomic E-state index is -1.99. The van der Waals surface area contributed by atoms with Crippen LogP contribution in [0.1, 0.15) is 133 Å². The van der Waals surface area contributed by atoms with Crippen LogP contribution in [0, 0.1) is 11.3 Å². The van der Waals surface area contributed by atoms with Crippen LogP contribution in [0.4, 0.5) is 0 Å². The second-order valence-electron chi connectivity index (χ2n) is 16.2. The van der Waals surface area contributed by atoms with Gasteiger partial charge in [0.05, 0.1) is 36.8 Å².